The van der Waals surface area contributed by atoms with Crippen molar-refractivity contribution >= 4 is 32.8 Å². The van der Waals surface area contributed by atoms with Crippen LogP contribution in [0, 0.1) is 0 Å². The van der Waals surface area contributed by atoms with Gasteiger partial charge in [-0.1, -0.05) is 48.6 Å². The number of hydrogen-bond acceptors (Lipinski definition) is 6. The van der Waals surface area contributed by atoms with E-state index in [1.807, 2.05) is 0 Å². The number of thiocarbonyl (C=S) groups is 1. The lowest BCUT2D eigenvalue weighted by Crippen LogP contribution is -2.56. The minimum absolute atomic E-state index is 0.00232. The zero-order chi connectivity index (χ0) is 29.5. The van der Waals surface area contributed by atoms with Crippen molar-refractivity contribution in [1.82, 2.24) is 4.31 Å². The molecule has 0 spiro atoms. The summed E-state index contributed by atoms with van der Waals surface area (Å²) in [5.41, 5.74) is -5.60. The van der Waals surface area contributed by atoms with Crippen molar-refractivity contribution in [2.45, 2.75) is 36.8 Å². The molecule has 1 heterocycles. The molecule has 40 heavy (non-hydrogen) atoms. The Morgan fingerprint density at radius 1 is 0.975 bits per heavy atom. The molecule has 1 atom stereocenters. The van der Waals surface area contributed by atoms with Gasteiger partial charge in [-0.3, -0.25) is 0 Å². The molecule has 1 saturated heterocycles. The lowest BCUT2D eigenvalue weighted by Gasteiger charge is -2.43. The van der Waals surface area contributed by atoms with Crippen molar-refractivity contribution in [2.24, 2.45) is 0 Å². The molecule has 2 N–H and O–H groups in total. The summed E-state index contributed by atoms with van der Waals surface area (Å²) in [6.07, 6.45) is -6.82. The molecule has 2 aromatic carbocycles. The van der Waals surface area contributed by atoms with Gasteiger partial charge in [-0.15, -0.1) is 0 Å². The van der Waals surface area contributed by atoms with Crippen LogP contribution in [0.2, 0.25) is 0 Å². The van der Waals surface area contributed by atoms with Gasteiger partial charge in [-0.2, -0.15) is 30.6 Å². The molecule has 0 amide bonds. The maximum atomic E-state index is 13.4. The van der Waals surface area contributed by atoms with E-state index in [0.29, 0.717) is 24.1 Å². The number of rotatable bonds is 6. The van der Waals surface area contributed by atoms with E-state index < -0.39 is 39.6 Å². The molecule has 4 rings (SSSR count). The molecule has 1 aliphatic heterocycles. The summed E-state index contributed by atoms with van der Waals surface area (Å²) >= 11 is 5.24. The first kappa shape index (κ1) is 30.0. The van der Waals surface area contributed by atoms with Gasteiger partial charge in [0.05, 0.1) is 4.91 Å². The highest BCUT2D eigenvalue weighted by atomic mass is 32.2. The molecule has 2 aliphatic rings. The van der Waals surface area contributed by atoms with Crippen LogP contribution in [-0.4, -0.2) is 65.8 Å². The third kappa shape index (κ3) is 5.62. The minimum Gasteiger partial charge on any atom is -0.508 e. The Morgan fingerprint density at radius 3 is 2.20 bits per heavy atom. The van der Waals surface area contributed by atoms with Gasteiger partial charge in [-0.25, -0.2) is 8.42 Å². The molecule has 1 aliphatic carbocycles. The van der Waals surface area contributed by atoms with Crippen LogP contribution in [0.25, 0.3) is 0 Å². The van der Waals surface area contributed by atoms with Gasteiger partial charge in [0.1, 0.15) is 5.75 Å². The number of phenols is 1. The zero-order valence-corrected chi connectivity index (χ0v) is 22.3. The summed E-state index contributed by atoms with van der Waals surface area (Å²) in [6, 6.07) is 8.77. The molecule has 216 valence electrons. The van der Waals surface area contributed by atoms with Crippen molar-refractivity contribution in [3.63, 3.8) is 0 Å². The lowest BCUT2D eigenvalue weighted by molar-refractivity contribution is -0.376. The van der Waals surface area contributed by atoms with Crippen LogP contribution in [0.3, 0.4) is 0 Å². The highest BCUT2D eigenvalue weighted by molar-refractivity contribution is 7.96. The highest BCUT2D eigenvalue weighted by Crippen LogP contribution is 2.50. The normalized spacial score (nSPS) is 19.6. The fourth-order valence-corrected chi connectivity index (χ4v) is 6.86. The molecule has 0 saturated carbocycles. The molecule has 0 aromatic heterocycles. The molecular weight excluding hydrogens is 582 g/mol. The van der Waals surface area contributed by atoms with Crippen molar-refractivity contribution in [2.75, 3.05) is 24.5 Å². The molecule has 6 nitrogen and oxygen atoms in total. The number of aliphatic hydroxyl groups is 1. The fraction of sp³-hybridized carbons (Fsp3) is 0.346. The first-order valence-corrected chi connectivity index (χ1v) is 13.8. The maximum Gasteiger partial charge on any atom is 0.430 e. The second kappa shape index (κ2) is 10.8. The summed E-state index contributed by atoms with van der Waals surface area (Å²) in [5.74, 6) is -0.0308. The molecule has 2 aromatic rings. The number of allylic oxidation sites excluding steroid dienone is 4. The standard InChI is InChI=1S/C26H24F6N2O4S2/c27-25(28,29)24(36,26(30,31)32)18-8-10-19(11-9-18)34-13-12-33(40(37,38)23-7-2-1-6-22(23)39)16-20(34)14-17-4-3-5-21(35)15-17/h1-5,7-11,15,20,35-36H,6,12-14,16H2/t20-/m1/s1. The van der Waals surface area contributed by atoms with E-state index in [4.69, 9.17) is 12.2 Å². The number of nitrogens with zero attached hydrogens (tertiary/aromatic N) is 2. The van der Waals surface area contributed by atoms with E-state index in [0.717, 1.165) is 12.1 Å². The van der Waals surface area contributed by atoms with E-state index in [-0.39, 0.29) is 47.3 Å². The Labute approximate surface area is 231 Å². The van der Waals surface area contributed by atoms with Gasteiger partial charge < -0.3 is 15.1 Å². The van der Waals surface area contributed by atoms with E-state index in [1.54, 1.807) is 29.2 Å². The SMILES string of the molecule is O=S(=O)(C1=CC=CCC1=S)N1CCN(c2ccc(C(O)(C(F)(F)F)C(F)(F)F)cc2)[C@H](Cc2cccc(O)c2)C1. The molecule has 0 radical (unpaired) electrons. The molecule has 0 unspecified atom stereocenters. The van der Waals surface area contributed by atoms with Crippen molar-refractivity contribution < 1.29 is 45.0 Å². The number of anilines is 1. The summed E-state index contributed by atoms with van der Waals surface area (Å²) in [7, 11) is -3.99. The van der Waals surface area contributed by atoms with E-state index >= 15 is 0 Å². The van der Waals surface area contributed by atoms with E-state index in [2.05, 4.69) is 0 Å². The van der Waals surface area contributed by atoms with Gasteiger partial charge >= 0.3 is 12.4 Å². The summed E-state index contributed by atoms with van der Waals surface area (Å²) in [6.45, 7) is -0.0431. The predicted octanol–water partition coefficient (Wildman–Crippen LogP) is 4.98. The van der Waals surface area contributed by atoms with Gasteiger partial charge in [0.15, 0.2) is 0 Å². The quantitative estimate of drug-likeness (QED) is 0.357. The smallest absolute Gasteiger partial charge is 0.430 e. The molecule has 14 heteroatoms. The van der Waals surface area contributed by atoms with Gasteiger partial charge in [0.2, 0.25) is 10.0 Å². The third-order valence-corrected chi connectivity index (χ3v) is 9.31. The number of benzene rings is 2. The fourth-order valence-electron chi connectivity index (χ4n) is 4.79. The number of aromatic hydroxyl groups is 1. The van der Waals surface area contributed by atoms with Crippen molar-refractivity contribution in [1.29, 1.82) is 0 Å². The zero-order valence-electron chi connectivity index (χ0n) is 20.7. The first-order chi connectivity index (χ1) is 18.6. The van der Waals surface area contributed by atoms with Gasteiger partial charge in [0.25, 0.3) is 5.60 Å². The topological polar surface area (TPSA) is 81.1 Å². The van der Waals surface area contributed by atoms with Crippen LogP contribution in [0.5, 0.6) is 5.75 Å². The van der Waals surface area contributed by atoms with Crippen molar-refractivity contribution in [3.8, 4) is 5.75 Å². The number of phenolic OH excluding ortho intramolecular Hbond substituents is 1. The number of alkyl halides is 6. The minimum atomic E-state index is -6.02. The number of hydrogen-bond donors (Lipinski definition) is 2. The van der Waals surface area contributed by atoms with Crippen LogP contribution >= 0.6 is 12.2 Å². The molecular formula is C26H24F6N2O4S2. The summed E-state index contributed by atoms with van der Waals surface area (Å²) < 4.78 is 108. The number of sulfonamides is 1. The largest absolute Gasteiger partial charge is 0.508 e. The summed E-state index contributed by atoms with van der Waals surface area (Å²) in [5, 5.41) is 19.6. The Kier molecular flexibility index (Phi) is 8.11. The van der Waals surface area contributed by atoms with Crippen LogP contribution in [-0.2, 0) is 22.0 Å². The maximum absolute atomic E-state index is 13.4. The first-order valence-electron chi connectivity index (χ1n) is 12.0. The number of halogens is 6. The Balaban J connectivity index is 1.68. The molecule has 1 fully saturated rings. The van der Waals surface area contributed by atoms with Crippen LogP contribution in [0.15, 0.2) is 71.7 Å². The van der Waals surface area contributed by atoms with E-state index in [9.17, 15) is 45.0 Å². The Bertz CT molecular complexity index is 1420. The van der Waals surface area contributed by atoms with Crippen molar-refractivity contribution in [3.05, 3.63) is 82.8 Å². The Hall–Kier alpha value is -2.94. The number of piperazine rings is 1. The predicted molar refractivity (Wildman–Crippen MR) is 140 cm³/mol. The van der Waals surface area contributed by atoms with Gasteiger partial charge in [-0.05, 0) is 42.3 Å². The summed E-state index contributed by atoms with van der Waals surface area (Å²) in [4.78, 5) is 1.93. The average molecular weight is 607 g/mol. The third-order valence-electron chi connectivity index (χ3n) is 6.84. The van der Waals surface area contributed by atoms with E-state index in [1.165, 1.54) is 22.5 Å². The monoisotopic (exact) mass is 606 g/mol. The second-order valence-electron chi connectivity index (χ2n) is 9.42. The molecule has 0 bridgehead atoms. The van der Waals surface area contributed by atoms with Crippen LogP contribution < -0.4 is 4.90 Å². The van der Waals surface area contributed by atoms with Crippen LogP contribution in [0.1, 0.15) is 17.5 Å². The van der Waals surface area contributed by atoms with Gasteiger partial charge in [0, 0.05) is 48.2 Å². The highest BCUT2D eigenvalue weighted by Gasteiger charge is 2.71. The van der Waals surface area contributed by atoms with Crippen LogP contribution in [0.4, 0.5) is 32.0 Å². The second-order valence-corrected chi connectivity index (χ2v) is 11.8. The lowest BCUT2D eigenvalue weighted by atomic mass is 9.92. The Morgan fingerprint density at radius 2 is 1.62 bits per heavy atom. The average Bonchev–Trinajstić information content (AvgIpc) is 2.87.